The summed E-state index contributed by atoms with van der Waals surface area (Å²) in [5, 5.41) is 11.7. The highest BCUT2D eigenvalue weighted by Crippen LogP contribution is 2.66. The van der Waals surface area contributed by atoms with Crippen molar-refractivity contribution in [3.8, 4) is 0 Å². The normalized spacial score (nSPS) is 14.5. The topological polar surface area (TPSA) is 113 Å². The molecule has 0 fully saturated rings. The summed E-state index contributed by atoms with van der Waals surface area (Å²) in [5.41, 5.74) is -3.34. The number of non-ortho nitro benzene ring substituents is 1. The number of benzene rings is 2. The van der Waals surface area contributed by atoms with E-state index in [4.69, 9.17) is 9.05 Å². The molecule has 0 amide bonds. The second-order valence-electron chi connectivity index (χ2n) is 9.51. The summed E-state index contributed by atoms with van der Waals surface area (Å²) in [6.45, 7) is 7.24. The van der Waals surface area contributed by atoms with E-state index in [0.29, 0.717) is 5.52 Å². The van der Waals surface area contributed by atoms with Crippen LogP contribution in [0.15, 0.2) is 54.7 Å². The molecule has 38 heavy (non-hydrogen) atoms. The van der Waals surface area contributed by atoms with E-state index in [1.807, 2.05) is 30.3 Å². The molecule has 0 radical (unpaired) electrons. The monoisotopic (exact) mass is 571 g/mol. The van der Waals surface area contributed by atoms with Crippen LogP contribution in [-0.2, 0) is 31.1 Å². The smallest absolute Gasteiger partial charge is 0.343 e. The fraction of sp³-hybridized carbons (Fsp3) is 0.440. The molecule has 0 spiro atoms. The Hall–Kier alpha value is -2.50. The van der Waals surface area contributed by atoms with Crippen LogP contribution in [0, 0.1) is 10.1 Å². The maximum absolute atomic E-state index is 16.3. The van der Waals surface area contributed by atoms with Crippen molar-refractivity contribution in [3.05, 3.63) is 76.0 Å². The standard InChI is InChI=1S/C25H32F2N3O6PS/c1-6-35-37(33,36-7-2)25(26,27)23(28-38(34)24(3,4)5)21-17-29(16-18-11-9-8-10-12-18)22-14-13-19(30(31)32)15-20(21)22/h8-15,17,23,28H,6-7,16H2,1-5H3. The van der Waals surface area contributed by atoms with E-state index < -0.39 is 40.0 Å². The molecule has 2 unspecified atom stereocenters. The Bertz CT molecular complexity index is 1350. The van der Waals surface area contributed by atoms with Gasteiger partial charge in [0, 0.05) is 41.3 Å². The lowest BCUT2D eigenvalue weighted by Crippen LogP contribution is -2.43. The van der Waals surface area contributed by atoms with Crippen molar-refractivity contribution in [2.24, 2.45) is 0 Å². The van der Waals surface area contributed by atoms with Crippen molar-refractivity contribution in [3.63, 3.8) is 0 Å². The first-order valence-electron chi connectivity index (χ1n) is 12.0. The van der Waals surface area contributed by atoms with Crippen LogP contribution in [0.4, 0.5) is 14.5 Å². The molecule has 1 aromatic heterocycles. The first kappa shape index (κ1) is 30.0. The van der Waals surface area contributed by atoms with Crippen LogP contribution < -0.4 is 4.72 Å². The van der Waals surface area contributed by atoms with Crippen LogP contribution in [0.1, 0.15) is 51.8 Å². The van der Waals surface area contributed by atoms with Gasteiger partial charge in [0.1, 0.15) is 6.04 Å². The van der Waals surface area contributed by atoms with E-state index in [0.717, 1.165) is 5.56 Å². The van der Waals surface area contributed by atoms with Gasteiger partial charge in [0.05, 0.1) is 33.9 Å². The van der Waals surface area contributed by atoms with Gasteiger partial charge in [-0.2, -0.15) is 8.78 Å². The number of halogens is 2. The lowest BCUT2D eigenvalue weighted by Gasteiger charge is -2.33. The van der Waals surface area contributed by atoms with E-state index in [2.05, 4.69) is 4.72 Å². The molecule has 13 heteroatoms. The van der Waals surface area contributed by atoms with E-state index in [9.17, 15) is 18.9 Å². The molecule has 0 aliphatic rings. The van der Waals surface area contributed by atoms with Crippen LogP contribution in [-0.4, -0.2) is 37.3 Å². The second-order valence-corrected chi connectivity index (χ2v) is 13.6. The Kier molecular flexibility index (Phi) is 9.26. The maximum Gasteiger partial charge on any atom is 0.401 e. The molecule has 0 bridgehead atoms. The number of aromatic nitrogens is 1. The number of nitro groups is 1. The van der Waals surface area contributed by atoms with Crippen molar-refractivity contribution >= 4 is 35.2 Å². The highest BCUT2D eigenvalue weighted by molar-refractivity contribution is 7.84. The van der Waals surface area contributed by atoms with E-state index in [1.165, 1.54) is 38.2 Å². The number of hydrogen-bond donors (Lipinski definition) is 1. The van der Waals surface area contributed by atoms with Gasteiger partial charge in [0.25, 0.3) is 5.69 Å². The van der Waals surface area contributed by atoms with Gasteiger partial charge in [0.2, 0.25) is 0 Å². The van der Waals surface area contributed by atoms with Crippen molar-refractivity contribution in [1.29, 1.82) is 0 Å². The third kappa shape index (κ3) is 6.21. The Morgan fingerprint density at radius 1 is 1.11 bits per heavy atom. The summed E-state index contributed by atoms with van der Waals surface area (Å²) in [4.78, 5) is 10.9. The highest BCUT2D eigenvalue weighted by Gasteiger charge is 2.60. The summed E-state index contributed by atoms with van der Waals surface area (Å²) < 4.78 is 72.4. The average Bonchev–Trinajstić information content (AvgIpc) is 3.19. The minimum absolute atomic E-state index is 0.123. The minimum Gasteiger partial charge on any atom is -0.343 e. The first-order valence-corrected chi connectivity index (χ1v) is 14.7. The predicted molar refractivity (Wildman–Crippen MR) is 144 cm³/mol. The Balaban J connectivity index is 2.31. The summed E-state index contributed by atoms with van der Waals surface area (Å²) >= 11 is 0. The predicted octanol–water partition coefficient (Wildman–Crippen LogP) is 6.55. The van der Waals surface area contributed by atoms with Gasteiger partial charge >= 0.3 is 13.3 Å². The van der Waals surface area contributed by atoms with Crippen LogP contribution in [0.5, 0.6) is 0 Å². The molecule has 208 valence electrons. The van der Waals surface area contributed by atoms with Gasteiger partial charge in [-0.1, -0.05) is 30.3 Å². The molecule has 0 aliphatic heterocycles. The number of alkyl halides is 2. The quantitative estimate of drug-likeness (QED) is 0.150. The number of fused-ring (bicyclic) bond motifs is 1. The molecule has 3 rings (SSSR count). The van der Waals surface area contributed by atoms with Gasteiger partial charge in [-0.3, -0.25) is 14.7 Å². The summed E-state index contributed by atoms with van der Waals surface area (Å²) in [6, 6.07) is 11.0. The lowest BCUT2D eigenvalue weighted by molar-refractivity contribution is -0.384. The molecule has 3 aromatic rings. The molecule has 1 N–H and O–H groups in total. The molecule has 9 nitrogen and oxygen atoms in total. The summed E-state index contributed by atoms with van der Waals surface area (Å²) in [6.07, 6.45) is 1.41. The average molecular weight is 572 g/mol. The van der Waals surface area contributed by atoms with Crippen LogP contribution in [0.2, 0.25) is 0 Å². The zero-order chi connectivity index (χ0) is 28.3. The van der Waals surface area contributed by atoms with Crippen molar-refractivity contribution in [2.45, 2.75) is 57.6 Å². The molecule has 0 saturated heterocycles. The minimum atomic E-state index is -5.09. The van der Waals surface area contributed by atoms with Gasteiger partial charge in [0.15, 0.2) is 0 Å². The summed E-state index contributed by atoms with van der Waals surface area (Å²) in [7, 11) is -7.14. The molecular formula is C25H32F2N3O6PS. The van der Waals surface area contributed by atoms with E-state index in [1.54, 1.807) is 25.3 Å². The lowest BCUT2D eigenvalue weighted by atomic mass is 10.1. The highest BCUT2D eigenvalue weighted by atomic mass is 32.2. The number of nitrogens with one attached hydrogen (secondary N) is 1. The number of rotatable bonds is 12. The van der Waals surface area contributed by atoms with Crippen molar-refractivity contribution < 1.29 is 31.5 Å². The zero-order valence-corrected chi connectivity index (χ0v) is 23.6. The molecular weight excluding hydrogens is 539 g/mol. The van der Waals surface area contributed by atoms with Gasteiger partial charge in [-0.05, 0) is 46.2 Å². The first-order chi connectivity index (χ1) is 17.7. The number of nitro benzene ring substituents is 1. The third-order valence-corrected chi connectivity index (χ3v) is 9.45. The molecule has 0 saturated carbocycles. The fourth-order valence-electron chi connectivity index (χ4n) is 3.88. The largest absolute Gasteiger partial charge is 0.401 e. The SMILES string of the molecule is CCOP(=O)(OCC)C(F)(F)C(NS(=O)C(C)(C)C)c1cn(Cc2ccccc2)c2ccc([N+](=O)[O-])cc12. The third-order valence-electron chi connectivity index (χ3n) is 5.70. The fourth-order valence-corrected chi connectivity index (χ4v) is 6.43. The van der Waals surface area contributed by atoms with Crippen LogP contribution >= 0.6 is 7.60 Å². The van der Waals surface area contributed by atoms with E-state index in [-0.39, 0.29) is 36.4 Å². The second kappa shape index (κ2) is 11.7. The van der Waals surface area contributed by atoms with Crippen LogP contribution in [0.3, 0.4) is 0 Å². The zero-order valence-electron chi connectivity index (χ0n) is 21.9. The number of hydrogen-bond acceptors (Lipinski definition) is 6. The van der Waals surface area contributed by atoms with Gasteiger partial charge in [-0.25, -0.2) is 8.93 Å². The van der Waals surface area contributed by atoms with Gasteiger partial charge in [-0.15, -0.1) is 0 Å². The Labute approximate surface area is 222 Å². The van der Waals surface area contributed by atoms with Crippen LogP contribution in [0.25, 0.3) is 10.9 Å². The maximum atomic E-state index is 16.3. The van der Waals surface area contributed by atoms with Crippen molar-refractivity contribution in [2.75, 3.05) is 13.2 Å². The van der Waals surface area contributed by atoms with Gasteiger partial charge < -0.3 is 13.6 Å². The molecule has 2 atom stereocenters. The summed E-state index contributed by atoms with van der Waals surface area (Å²) in [5.74, 6) is 0. The molecule has 0 aliphatic carbocycles. The molecule has 2 aromatic carbocycles. The van der Waals surface area contributed by atoms with Crippen molar-refractivity contribution in [1.82, 2.24) is 9.29 Å². The Morgan fingerprint density at radius 2 is 1.71 bits per heavy atom. The molecule has 1 heterocycles. The Morgan fingerprint density at radius 3 is 2.24 bits per heavy atom. The van der Waals surface area contributed by atoms with E-state index >= 15 is 8.78 Å². The number of nitrogens with zero attached hydrogens (tertiary/aromatic N) is 2.